The highest BCUT2D eigenvalue weighted by Gasteiger charge is 2.44. The fraction of sp³-hybridized carbons (Fsp3) is 0.140. The molecule has 8 aromatic rings. The van der Waals surface area contributed by atoms with Crippen molar-refractivity contribution < 1.29 is 46.1 Å². The molecule has 6 heterocycles. The number of aromatic nitrogens is 6. The van der Waals surface area contributed by atoms with E-state index in [0.717, 1.165) is 11.1 Å². The fourth-order valence-corrected chi connectivity index (χ4v) is 7.88. The summed E-state index contributed by atoms with van der Waals surface area (Å²) in [4.78, 5) is 43.2. The molecule has 4 aromatic carbocycles. The number of aryl methyl sites for hydroxylation is 2. The van der Waals surface area contributed by atoms with Gasteiger partial charge in [0.1, 0.15) is 17.7 Å². The molecule has 24 heteroatoms. The van der Waals surface area contributed by atoms with E-state index >= 15 is 0 Å². The van der Waals surface area contributed by atoms with Crippen LogP contribution in [0.2, 0.25) is 10.0 Å². The van der Waals surface area contributed by atoms with Gasteiger partial charge in [0.05, 0.1) is 23.2 Å². The molecule has 6 N–H and O–H groups in total. The van der Waals surface area contributed by atoms with Crippen LogP contribution in [0, 0.1) is 25.2 Å². The van der Waals surface area contributed by atoms with Crippen molar-refractivity contribution in [3.05, 3.63) is 178 Å². The summed E-state index contributed by atoms with van der Waals surface area (Å²) in [5.74, 6) is 0.299. The summed E-state index contributed by atoms with van der Waals surface area (Å²) in [6.45, 7) is 3.82. The number of hydrogen-bond donors (Lipinski definition) is 5. The summed E-state index contributed by atoms with van der Waals surface area (Å²) < 4.78 is 74.3. The average Bonchev–Trinajstić information content (AvgIpc) is 4.18. The first-order valence-corrected chi connectivity index (χ1v) is 22.8. The van der Waals surface area contributed by atoms with Crippen LogP contribution in [0.25, 0.3) is 11.6 Å². The zero-order chi connectivity index (χ0) is 52.3. The maximum Gasteiger partial charge on any atom is 0.586 e. The second kappa shape index (κ2) is 20.7. The maximum atomic E-state index is 13.3. The minimum Gasteiger partial charge on any atom is -0.395 e. The van der Waals surface area contributed by atoms with Crippen molar-refractivity contribution in [2.24, 2.45) is 5.73 Å². The van der Waals surface area contributed by atoms with Crippen LogP contribution in [-0.2, 0) is 0 Å². The number of halogens is 6. The summed E-state index contributed by atoms with van der Waals surface area (Å²) in [7, 11) is 0. The van der Waals surface area contributed by atoms with Gasteiger partial charge in [-0.15, -0.1) is 17.6 Å². The number of alkyl halides is 4. The number of anilines is 4. The molecule has 74 heavy (non-hydrogen) atoms. The van der Waals surface area contributed by atoms with E-state index in [2.05, 4.69) is 66.2 Å². The second-order valence-corrected chi connectivity index (χ2v) is 17.2. The molecule has 10 rings (SSSR count). The van der Waals surface area contributed by atoms with Crippen LogP contribution < -0.4 is 45.9 Å². The van der Waals surface area contributed by atoms with Crippen LogP contribution in [0.5, 0.6) is 23.0 Å². The Kier molecular flexibility index (Phi) is 14.0. The summed E-state index contributed by atoms with van der Waals surface area (Å²) in [6, 6.07) is 26.4. The molecule has 0 radical (unpaired) electrons. The molecule has 2 atom stereocenters. The third kappa shape index (κ3) is 11.6. The minimum absolute atomic E-state index is 0.0635. The number of nitriles is 1. The first kappa shape index (κ1) is 50.0. The number of carbonyl (C=O) groups is 2. The number of fused-ring (bicyclic) bond motifs is 2. The number of ether oxygens (including phenoxy) is 4. The molecule has 0 saturated carbocycles. The van der Waals surface area contributed by atoms with Gasteiger partial charge in [-0.3, -0.25) is 9.59 Å². The highest BCUT2D eigenvalue weighted by Crippen LogP contribution is 2.44. The molecular weight excluding hydrogens is 1010 g/mol. The van der Waals surface area contributed by atoms with E-state index in [1.807, 2.05) is 13.0 Å². The summed E-state index contributed by atoms with van der Waals surface area (Å²) in [5, 5.41) is 22.0. The highest BCUT2D eigenvalue weighted by molar-refractivity contribution is 6.31. The molecule has 0 spiro atoms. The third-order valence-corrected chi connectivity index (χ3v) is 11.5. The van der Waals surface area contributed by atoms with Gasteiger partial charge < -0.3 is 55.1 Å². The summed E-state index contributed by atoms with van der Waals surface area (Å²) in [5.41, 5.74) is 10.3. The monoisotopic (exact) mass is 1050 g/mol. The third-order valence-electron chi connectivity index (χ3n) is 11.0. The standard InChI is InChI=1S/C25H21ClF2N6O3.C25H17ClF2N6O3/c2*1-14-12-30-24(31-18-5-6-20-21(10-18)37-25(27,28)36-20)33-22(14)34-8-7-16(13-34)23(35)32-19(11-29)15-3-2-4-17(26)9-15/h2-10,12-13,19H,11,29H2,1H3,(H,32,35)(H,30,31,33);2-10,12-13,19H,1H3,(H,32,35)(H,30,31,33). The molecule has 0 bridgehead atoms. The van der Waals surface area contributed by atoms with Gasteiger partial charge in [-0.05, 0) is 85.6 Å². The Morgan fingerprint density at radius 1 is 0.662 bits per heavy atom. The minimum atomic E-state index is -3.71. The van der Waals surface area contributed by atoms with Crippen molar-refractivity contribution in [2.45, 2.75) is 38.5 Å². The Bertz CT molecular complexity index is 3480. The molecule has 2 aliphatic rings. The van der Waals surface area contributed by atoms with E-state index in [9.17, 15) is 32.4 Å². The number of nitrogens with two attached hydrogens (primary N) is 1. The predicted molar refractivity (Wildman–Crippen MR) is 262 cm³/mol. The number of benzene rings is 4. The lowest BCUT2D eigenvalue weighted by Gasteiger charge is -2.17. The van der Waals surface area contributed by atoms with Gasteiger partial charge in [-0.1, -0.05) is 47.5 Å². The Labute approximate surface area is 427 Å². The molecule has 376 valence electrons. The van der Waals surface area contributed by atoms with Gasteiger partial charge >= 0.3 is 12.6 Å². The maximum absolute atomic E-state index is 13.3. The largest absolute Gasteiger partial charge is 0.586 e. The summed E-state index contributed by atoms with van der Waals surface area (Å²) >= 11 is 12.1. The topological polar surface area (TPSA) is 230 Å². The first-order valence-electron chi connectivity index (χ1n) is 22.0. The van der Waals surface area contributed by atoms with Crippen molar-refractivity contribution in [2.75, 3.05) is 17.2 Å². The number of hydrogen-bond acceptors (Lipinski definition) is 14. The SMILES string of the molecule is Cc1cnc(Nc2ccc3c(c2)OC(F)(F)O3)nc1-n1ccc(C(=O)NC(C#N)c2cccc(Cl)c2)c1.Cc1cnc(Nc2ccc3c(c2)OC(F)(F)O3)nc1-n1ccc(C(=O)NC(CN)c2cccc(Cl)c2)c1. The van der Waals surface area contributed by atoms with Gasteiger partial charge in [0.25, 0.3) is 11.8 Å². The molecule has 4 aromatic heterocycles. The van der Waals surface area contributed by atoms with E-state index in [1.165, 1.54) is 30.3 Å². The smallest absolute Gasteiger partial charge is 0.395 e. The van der Waals surface area contributed by atoms with E-state index in [1.54, 1.807) is 114 Å². The van der Waals surface area contributed by atoms with Crippen molar-refractivity contribution in [3.8, 4) is 40.7 Å². The second-order valence-electron chi connectivity index (χ2n) is 16.3. The molecule has 2 unspecified atom stereocenters. The molecular formula is C50H38Cl2F4N12O6. The molecule has 2 amide bonds. The quantitative estimate of drug-likeness (QED) is 0.0677. The van der Waals surface area contributed by atoms with Crippen molar-refractivity contribution >= 4 is 58.3 Å². The van der Waals surface area contributed by atoms with Gasteiger partial charge in [0.15, 0.2) is 23.0 Å². The van der Waals surface area contributed by atoms with Crippen LogP contribution in [0.15, 0.2) is 134 Å². The Morgan fingerprint density at radius 2 is 1.12 bits per heavy atom. The molecule has 0 aliphatic carbocycles. The van der Waals surface area contributed by atoms with Gasteiger partial charge in [-0.2, -0.15) is 15.2 Å². The number of nitrogens with zero attached hydrogens (tertiary/aromatic N) is 7. The summed E-state index contributed by atoms with van der Waals surface area (Å²) in [6.07, 6.45) is 2.34. The lowest BCUT2D eigenvalue weighted by atomic mass is 10.1. The van der Waals surface area contributed by atoms with Crippen LogP contribution >= 0.6 is 23.2 Å². The van der Waals surface area contributed by atoms with E-state index in [4.69, 9.17) is 28.9 Å². The number of carbonyl (C=O) groups excluding carboxylic acids is 2. The van der Waals surface area contributed by atoms with Crippen LogP contribution in [0.1, 0.15) is 55.1 Å². The highest BCUT2D eigenvalue weighted by atomic mass is 35.5. The van der Waals surface area contributed by atoms with Gasteiger partial charge in [0.2, 0.25) is 11.9 Å². The van der Waals surface area contributed by atoms with Crippen LogP contribution in [-0.4, -0.2) is 60.0 Å². The zero-order valence-electron chi connectivity index (χ0n) is 38.5. The lowest BCUT2D eigenvalue weighted by molar-refractivity contribution is -0.287. The number of amides is 2. The van der Waals surface area contributed by atoms with Gasteiger partial charge in [0, 0.05) is 88.4 Å². The van der Waals surface area contributed by atoms with Crippen LogP contribution in [0.3, 0.4) is 0 Å². The Balaban J connectivity index is 0.000000182. The normalized spacial score (nSPS) is 14.2. The van der Waals surface area contributed by atoms with E-state index < -0.39 is 30.6 Å². The fourth-order valence-electron chi connectivity index (χ4n) is 7.48. The van der Waals surface area contributed by atoms with Crippen LogP contribution in [0.4, 0.5) is 40.8 Å². The van der Waals surface area contributed by atoms with Crippen molar-refractivity contribution in [1.29, 1.82) is 5.26 Å². The first-order chi connectivity index (χ1) is 35.4. The lowest BCUT2D eigenvalue weighted by Crippen LogP contribution is -2.33. The average molecular weight is 1050 g/mol. The van der Waals surface area contributed by atoms with Crippen molar-refractivity contribution in [1.82, 2.24) is 39.7 Å². The molecule has 18 nitrogen and oxygen atoms in total. The Hall–Kier alpha value is -8.91. The van der Waals surface area contributed by atoms with Gasteiger partial charge in [-0.25, -0.2) is 9.97 Å². The number of rotatable bonds is 13. The number of nitrogens with one attached hydrogen (secondary N) is 4. The van der Waals surface area contributed by atoms with E-state index in [-0.39, 0.29) is 47.3 Å². The zero-order valence-corrected chi connectivity index (χ0v) is 40.0. The van der Waals surface area contributed by atoms with E-state index in [0.29, 0.717) is 55.3 Å². The molecule has 0 saturated heterocycles. The Morgan fingerprint density at radius 3 is 1.59 bits per heavy atom. The predicted octanol–water partition coefficient (Wildman–Crippen LogP) is 10.0. The van der Waals surface area contributed by atoms with Crippen molar-refractivity contribution in [3.63, 3.8) is 0 Å². The molecule has 2 aliphatic heterocycles. The molecule has 0 fully saturated rings.